The molecule has 0 fully saturated rings. The zero-order chi connectivity index (χ0) is 10.1. The summed E-state index contributed by atoms with van der Waals surface area (Å²) in [5.74, 6) is -0.382. The fraction of sp³-hybridized carbons (Fsp3) is 0.714. The van der Waals surface area contributed by atoms with Crippen LogP contribution in [0.1, 0.15) is 0 Å². The highest BCUT2D eigenvalue weighted by Crippen LogP contribution is 1.86. The van der Waals surface area contributed by atoms with Gasteiger partial charge in [0.2, 0.25) is 5.91 Å². The number of carboxylic acid groups (broad SMARTS) is 1. The smallest absolute Gasteiger partial charge is 0.322 e. The molecule has 0 atom stereocenters. The van der Waals surface area contributed by atoms with Crippen molar-refractivity contribution in [2.45, 2.75) is 0 Å². The number of rotatable bonds is 7. The molecule has 0 saturated carbocycles. The summed E-state index contributed by atoms with van der Waals surface area (Å²) in [7, 11) is 0. The van der Waals surface area contributed by atoms with Crippen LogP contribution in [0.4, 0.5) is 0 Å². The lowest BCUT2D eigenvalue weighted by atomic mass is 10.5. The van der Waals surface area contributed by atoms with Gasteiger partial charge in [-0.1, -0.05) is 0 Å². The van der Waals surface area contributed by atoms with Crippen LogP contribution in [0.15, 0.2) is 0 Å². The normalized spacial score (nSPS) is 9.62. The average molecular weight is 206 g/mol. The fourth-order valence-electron chi connectivity index (χ4n) is 0.613. The van der Waals surface area contributed by atoms with Crippen molar-refractivity contribution in [1.29, 1.82) is 0 Å². The highest BCUT2D eigenvalue weighted by molar-refractivity contribution is 7.98. The molecule has 3 N–H and O–H groups in total. The van der Waals surface area contributed by atoms with Crippen molar-refractivity contribution >= 4 is 23.6 Å². The van der Waals surface area contributed by atoms with Crippen molar-refractivity contribution in [2.24, 2.45) is 0 Å². The van der Waals surface area contributed by atoms with Crippen molar-refractivity contribution in [3.8, 4) is 0 Å². The van der Waals surface area contributed by atoms with Crippen LogP contribution >= 0.6 is 11.8 Å². The first-order valence-corrected chi connectivity index (χ1v) is 5.24. The zero-order valence-electron chi connectivity index (χ0n) is 7.50. The lowest BCUT2D eigenvalue weighted by Crippen LogP contribution is -2.37. The Morgan fingerprint density at radius 1 is 1.38 bits per heavy atom. The van der Waals surface area contributed by atoms with Crippen molar-refractivity contribution in [1.82, 2.24) is 10.6 Å². The van der Waals surface area contributed by atoms with E-state index in [1.54, 1.807) is 11.8 Å². The van der Waals surface area contributed by atoms with Crippen LogP contribution in [0, 0.1) is 0 Å². The topological polar surface area (TPSA) is 78.4 Å². The van der Waals surface area contributed by atoms with E-state index in [0.29, 0.717) is 0 Å². The summed E-state index contributed by atoms with van der Waals surface area (Å²) in [6, 6.07) is 0. The number of thioether (sulfide) groups is 1. The Labute approximate surface area is 81.3 Å². The monoisotopic (exact) mass is 206 g/mol. The summed E-state index contributed by atoms with van der Waals surface area (Å²) in [6.45, 7) is 0.610. The Hall–Kier alpha value is -0.750. The third-order valence-corrected chi connectivity index (χ3v) is 1.82. The van der Waals surface area contributed by atoms with E-state index in [1.807, 2.05) is 6.26 Å². The minimum atomic E-state index is -1.03. The van der Waals surface area contributed by atoms with Gasteiger partial charge in [-0.25, -0.2) is 0 Å². The largest absolute Gasteiger partial charge is 0.480 e. The molecule has 0 radical (unpaired) electrons. The molecule has 0 saturated heterocycles. The molecule has 0 aromatic heterocycles. The number of nitrogens with one attached hydrogen (secondary N) is 2. The Morgan fingerprint density at radius 2 is 2.08 bits per heavy atom. The molecule has 0 rings (SSSR count). The zero-order valence-corrected chi connectivity index (χ0v) is 8.32. The maximum absolute atomic E-state index is 10.9. The molecule has 0 aromatic rings. The summed E-state index contributed by atoms with van der Waals surface area (Å²) in [6.07, 6.45) is 1.98. The molecule has 1 amide bonds. The van der Waals surface area contributed by atoms with E-state index in [0.717, 1.165) is 12.3 Å². The maximum Gasteiger partial charge on any atom is 0.322 e. The maximum atomic E-state index is 10.9. The quantitative estimate of drug-likeness (QED) is 0.472. The van der Waals surface area contributed by atoms with E-state index in [9.17, 15) is 9.59 Å². The van der Waals surface area contributed by atoms with Gasteiger partial charge in [0.1, 0.15) is 6.54 Å². The van der Waals surface area contributed by atoms with Gasteiger partial charge in [0.15, 0.2) is 0 Å². The standard InChI is InChI=1S/C7H14N2O3S/c1-13-3-2-8-4-6(10)9-5-7(11)12/h8H,2-5H2,1H3,(H,9,10)(H,11,12). The van der Waals surface area contributed by atoms with E-state index in [-0.39, 0.29) is 19.0 Å². The van der Waals surface area contributed by atoms with Crippen LogP contribution in [-0.4, -0.2) is 48.6 Å². The second-order valence-electron chi connectivity index (χ2n) is 2.34. The number of aliphatic carboxylic acids is 1. The van der Waals surface area contributed by atoms with Gasteiger partial charge < -0.3 is 15.7 Å². The molecular weight excluding hydrogens is 192 g/mol. The number of carbonyl (C=O) groups is 2. The van der Waals surface area contributed by atoms with E-state index in [1.165, 1.54) is 0 Å². The molecule has 0 bridgehead atoms. The van der Waals surface area contributed by atoms with Crippen molar-refractivity contribution in [3.63, 3.8) is 0 Å². The average Bonchev–Trinajstić information content (AvgIpc) is 2.09. The van der Waals surface area contributed by atoms with Gasteiger partial charge in [0.05, 0.1) is 6.54 Å². The first-order valence-electron chi connectivity index (χ1n) is 3.85. The number of amides is 1. The van der Waals surface area contributed by atoms with Gasteiger partial charge in [-0.15, -0.1) is 0 Å². The molecule has 13 heavy (non-hydrogen) atoms. The summed E-state index contributed by atoms with van der Waals surface area (Å²) >= 11 is 1.68. The van der Waals surface area contributed by atoms with Crippen LogP contribution < -0.4 is 10.6 Å². The molecule has 0 aromatic carbocycles. The van der Waals surface area contributed by atoms with Crippen LogP contribution in [0.2, 0.25) is 0 Å². The predicted octanol–water partition coefficient (Wildman–Crippen LogP) is -0.860. The lowest BCUT2D eigenvalue weighted by molar-refractivity contribution is -0.137. The fourth-order valence-corrected chi connectivity index (χ4v) is 0.961. The van der Waals surface area contributed by atoms with Crippen LogP contribution in [0.3, 0.4) is 0 Å². The van der Waals surface area contributed by atoms with Gasteiger partial charge >= 0.3 is 5.97 Å². The van der Waals surface area contributed by atoms with Gasteiger partial charge in [0.25, 0.3) is 0 Å². The SMILES string of the molecule is CSCCNCC(=O)NCC(=O)O. The second kappa shape index (κ2) is 7.88. The Bertz CT molecular complexity index is 175. The van der Waals surface area contributed by atoms with Gasteiger partial charge in [0, 0.05) is 12.3 Å². The molecule has 76 valence electrons. The molecule has 0 aliphatic heterocycles. The Balaban J connectivity index is 3.25. The van der Waals surface area contributed by atoms with Crippen LogP contribution in [-0.2, 0) is 9.59 Å². The Kier molecular flexibility index (Phi) is 7.42. The third-order valence-electron chi connectivity index (χ3n) is 1.21. The highest BCUT2D eigenvalue weighted by atomic mass is 32.2. The van der Waals surface area contributed by atoms with Crippen molar-refractivity contribution in [3.05, 3.63) is 0 Å². The Morgan fingerprint density at radius 3 is 2.62 bits per heavy atom. The number of carboxylic acids is 1. The first kappa shape index (κ1) is 12.2. The van der Waals surface area contributed by atoms with Gasteiger partial charge in [-0.2, -0.15) is 11.8 Å². The third kappa shape index (κ3) is 9.16. The molecule has 5 nitrogen and oxygen atoms in total. The van der Waals surface area contributed by atoms with E-state index < -0.39 is 5.97 Å². The van der Waals surface area contributed by atoms with Crippen LogP contribution in [0.25, 0.3) is 0 Å². The van der Waals surface area contributed by atoms with Gasteiger partial charge in [-0.3, -0.25) is 9.59 Å². The summed E-state index contributed by atoms with van der Waals surface area (Å²) in [5.41, 5.74) is 0. The predicted molar refractivity (Wildman–Crippen MR) is 51.9 cm³/mol. The van der Waals surface area contributed by atoms with Gasteiger partial charge in [-0.05, 0) is 6.26 Å². The highest BCUT2D eigenvalue weighted by Gasteiger charge is 2.01. The second-order valence-corrected chi connectivity index (χ2v) is 3.33. The van der Waals surface area contributed by atoms with Crippen LogP contribution in [0.5, 0.6) is 0 Å². The van der Waals surface area contributed by atoms with E-state index in [4.69, 9.17) is 5.11 Å². The first-order chi connectivity index (χ1) is 6.16. The molecule has 0 aliphatic rings. The minimum absolute atomic E-state index is 0.174. The van der Waals surface area contributed by atoms with Crippen molar-refractivity contribution < 1.29 is 14.7 Å². The molecule has 0 heterocycles. The van der Waals surface area contributed by atoms with E-state index in [2.05, 4.69) is 10.6 Å². The summed E-state index contributed by atoms with van der Waals surface area (Å²) in [4.78, 5) is 20.9. The van der Waals surface area contributed by atoms with E-state index >= 15 is 0 Å². The molecule has 0 spiro atoms. The lowest BCUT2D eigenvalue weighted by Gasteiger charge is -2.03. The summed E-state index contributed by atoms with van der Waals surface area (Å²) < 4.78 is 0. The molecule has 0 unspecified atom stereocenters. The minimum Gasteiger partial charge on any atom is -0.480 e. The number of hydrogen-bond acceptors (Lipinski definition) is 4. The number of hydrogen-bond donors (Lipinski definition) is 3. The van der Waals surface area contributed by atoms with Crippen molar-refractivity contribution in [2.75, 3.05) is 31.6 Å². The molecular formula is C7H14N2O3S. The molecule has 0 aliphatic carbocycles. The molecule has 6 heteroatoms. The number of carbonyl (C=O) groups excluding carboxylic acids is 1. The summed E-state index contributed by atoms with van der Waals surface area (Å²) in [5, 5.41) is 13.4.